The quantitative estimate of drug-likeness (QED) is 0.946. The summed E-state index contributed by atoms with van der Waals surface area (Å²) in [6.07, 6.45) is 1.78. The minimum absolute atomic E-state index is 0.391. The molecular weight excluding hydrogens is 289 g/mol. The van der Waals surface area contributed by atoms with E-state index in [2.05, 4.69) is 26.0 Å². The lowest BCUT2D eigenvalue weighted by atomic mass is 10.1. The fourth-order valence-electron chi connectivity index (χ4n) is 1.58. The zero-order valence-corrected chi connectivity index (χ0v) is 10.7. The van der Waals surface area contributed by atoms with Gasteiger partial charge in [-0.2, -0.15) is 5.10 Å². The van der Waals surface area contributed by atoms with Gasteiger partial charge in [0.25, 0.3) is 0 Å². The summed E-state index contributed by atoms with van der Waals surface area (Å²) in [5.41, 5.74) is 1.01. The van der Waals surface area contributed by atoms with Gasteiger partial charge in [0.05, 0.1) is 28.3 Å². The molecule has 0 aliphatic carbocycles. The smallest absolute Gasteiger partial charge is 0.141 e. The first-order valence-corrected chi connectivity index (χ1v) is 5.93. The highest BCUT2D eigenvalue weighted by Crippen LogP contribution is 2.27. The molecule has 1 N–H and O–H groups in total. The van der Waals surface area contributed by atoms with Gasteiger partial charge in [-0.05, 0) is 35.0 Å². The number of aliphatic hydroxyl groups excluding tert-OH is 1. The highest BCUT2D eigenvalue weighted by molar-refractivity contribution is 9.10. The fourth-order valence-corrected chi connectivity index (χ4v) is 2.10. The molecular formula is C11H11BrFN3O. The Balaban J connectivity index is 2.39. The van der Waals surface area contributed by atoms with Gasteiger partial charge in [0.15, 0.2) is 0 Å². The van der Waals surface area contributed by atoms with Crippen LogP contribution in [0.2, 0.25) is 0 Å². The van der Waals surface area contributed by atoms with Crippen LogP contribution in [0.5, 0.6) is 0 Å². The molecule has 0 fully saturated rings. The number of halogens is 2. The van der Waals surface area contributed by atoms with Crippen molar-refractivity contribution < 1.29 is 9.50 Å². The number of hydrogen-bond donors (Lipinski definition) is 1. The first kappa shape index (κ1) is 12.2. The van der Waals surface area contributed by atoms with Gasteiger partial charge in [-0.3, -0.25) is 9.67 Å². The van der Waals surface area contributed by atoms with Crippen LogP contribution in [-0.4, -0.2) is 19.9 Å². The molecule has 0 saturated heterocycles. The monoisotopic (exact) mass is 299 g/mol. The zero-order chi connectivity index (χ0) is 12.4. The standard InChI is InChI=1S/C11H11BrFN3O/c1-2-16-10(8(12)6-15-16)11(17)9-4-3-7(13)5-14-9/h3-6,11,17H,2H2,1H3. The van der Waals surface area contributed by atoms with Crippen molar-refractivity contribution in [3.8, 4) is 0 Å². The third-order valence-electron chi connectivity index (χ3n) is 2.42. The molecule has 90 valence electrons. The molecule has 0 aliphatic heterocycles. The van der Waals surface area contributed by atoms with E-state index < -0.39 is 11.9 Å². The van der Waals surface area contributed by atoms with Crippen molar-refractivity contribution in [2.75, 3.05) is 0 Å². The molecule has 0 aromatic carbocycles. The lowest BCUT2D eigenvalue weighted by Gasteiger charge is -2.12. The Hall–Kier alpha value is -1.27. The van der Waals surface area contributed by atoms with Crippen LogP contribution in [0.15, 0.2) is 29.0 Å². The average Bonchev–Trinajstić information content (AvgIpc) is 2.70. The second kappa shape index (κ2) is 4.93. The number of aryl methyl sites for hydroxylation is 1. The number of aromatic nitrogens is 3. The SMILES string of the molecule is CCn1ncc(Br)c1C(O)c1ccc(F)cn1. The molecule has 0 saturated carbocycles. The van der Waals surface area contributed by atoms with Crippen molar-refractivity contribution in [3.63, 3.8) is 0 Å². The van der Waals surface area contributed by atoms with Gasteiger partial charge >= 0.3 is 0 Å². The maximum absolute atomic E-state index is 12.7. The molecule has 4 nitrogen and oxygen atoms in total. The van der Waals surface area contributed by atoms with Gasteiger partial charge in [-0.15, -0.1) is 0 Å². The van der Waals surface area contributed by atoms with E-state index in [1.165, 1.54) is 12.1 Å². The Labute approximate surface area is 106 Å². The van der Waals surface area contributed by atoms with E-state index in [0.29, 0.717) is 22.4 Å². The number of rotatable bonds is 3. The summed E-state index contributed by atoms with van der Waals surface area (Å²) in [5.74, 6) is -0.427. The van der Waals surface area contributed by atoms with E-state index >= 15 is 0 Å². The Morgan fingerprint density at radius 2 is 2.24 bits per heavy atom. The van der Waals surface area contributed by atoms with Crippen molar-refractivity contribution in [2.45, 2.75) is 19.6 Å². The first-order valence-electron chi connectivity index (χ1n) is 5.14. The summed E-state index contributed by atoms with van der Waals surface area (Å²) >= 11 is 3.33. The number of nitrogens with zero attached hydrogens (tertiary/aromatic N) is 3. The molecule has 0 bridgehead atoms. The average molecular weight is 300 g/mol. The molecule has 17 heavy (non-hydrogen) atoms. The van der Waals surface area contributed by atoms with E-state index in [4.69, 9.17) is 0 Å². The molecule has 2 heterocycles. The molecule has 6 heteroatoms. The maximum atomic E-state index is 12.7. The summed E-state index contributed by atoms with van der Waals surface area (Å²) in [7, 11) is 0. The molecule has 1 unspecified atom stereocenters. The van der Waals surface area contributed by atoms with Crippen LogP contribution in [-0.2, 0) is 6.54 Å². The lowest BCUT2D eigenvalue weighted by molar-refractivity contribution is 0.202. The van der Waals surface area contributed by atoms with E-state index in [1.807, 2.05) is 6.92 Å². The third-order valence-corrected chi connectivity index (χ3v) is 3.03. The van der Waals surface area contributed by atoms with Crippen LogP contribution in [0.1, 0.15) is 24.4 Å². The second-order valence-electron chi connectivity index (χ2n) is 3.50. The predicted octanol–water partition coefficient (Wildman–Crippen LogP) is 2.28. The minimum atomic E-state index is -0.924. The predicted molar refractivity (Wildman–Crippen MR) is 63.9 cm³/mol. The summed E-state index contributed by atoms with van der Waals surface area (Å²) < 4.78 is 15.1. The second-order valence-corrected chi connectivity index (χ2v) is 4.35. The Bertz CT molecular complexity index is 512. The van der Waals surface area contributed by atoms with Crippen LogP contribution in [0.4, 0.5) is 4.39 Å². The van der Waals surface area contributed by atoms with Gasteiger partial charge in [0, 0.05) is 6.54 Å². The van der Waals surface area contributed by atoms with Crippen molar-refractivity contribution in [3.05, 3.63) is 46.2 Å². The molecule has 0 radical (unpaired) electrons. The van der Waals surface area contributed by atoms with Gasteiger partial charge in [-0.1, -0.05) is 0 Å². The number of aliphatic hydroxyl groups is 1. The molecule has 2 rings (SSSR count). The maximum Gasteiger partial charge on any atom is 0.141 e. The van der Waals surface area contributed by atoms with Crippen LogP contribution in [0.3, 0.4) is 0 Å². The molecule has 0 amide bonds. The van der Waals surface area contributed by atoms with E-state index in [0.717, 1.165) is 6.20 Å². The summed E-state index contributed by atoms with van der Waals surface area (Å²) in [6, 6.07) is 2.73. The topological polar surface area (TPSA) is 50.9 Å². The minimum Gasteiger partial charge on any atom is -0.380 e. The third kappa shape index (κ3) is 2.37. The van der Waals surface area contributed by atoms with Crippen LogP contribution < -0.4 is 0 Å². The first-order chi connectivity index (χ1) is 8.13. The Morgan fingerprint density at radius 1 is 1.47 bits per heavy atom. The highest BCUT2D eigenvalue weighted by atomic mass is 79.9. The summed E-state index contributed by atoms with van der Waals surface area (Å²) in [4.78, 5) is 3.86. The van der Waals surface area contributed by atoms with Gasteiger partial charge in [0.2, 0.25) is 0 Å². The number of hydrogen-bond acceptors (Lipinski definition) is 3. The van der Waals surface area contributed by atoms with Gasteiger partial charge in [0.1, 0.15) is 11.9 Å². The summed E-state index contributed by atoms with van der Waals surface area (Å²) in [6.45, 7) is 2.56. The van der Waals surface area contributed by atoms with E-state index in [1.54, 1.807) is 10.9 Å². The molecule has 2 aromatic heterocycles. The van der Waals surface area contributed by atoms with E-state index in [-0.39, 0.29) is 0 Å². The van der Waals surface area contributed by atoms with E-state index in [9.17, 15) is 9.50 Å². The van der Waals surface area contributed by atoms with Crippen molar-refractivity contribution in [1.29, 1.82) is 0 Å². The van der Waals surface area contributed by atoms with Crippen LogP contribution in [0, 0.1) is 5.82 Å². The number of pyridine rings is 1. The van der Waals surface area contributed by atoms with Gasteiger partial charge in [-0.25, -0.2) is 4.39 Å². The van der Waals surface area contributed by atoms with Crippen molar-refractivity contribution >= 4 is 15.9 Å². The zero-order valence-electron chi connectivity index (χ0n) is 9.14. The largest absolute Gasteiger partial charge is 0.380 e. The Kier molecular flexibility index (Phi) is 3.54. The van der Waals surface area contributed by atoms with Crippen molar-refractivity contribution in [2.24, 2.45) is 0 Å². The Morgan fingerprint density at radius 3 is 2.82 bits per heavy atom. The molecule has 0 aliphatic rings. The fraction of sp³-hybridized carbons (Fsp3) is 0.273. The van der Waals surface area contributed by atoms with Crippen molar-refractivity contribution in [1.82, 2.24) is 14.8 Å². The van der Waals surface area contributed by atoms with Gasteiger partial charge < -0.3 is 5.11 Å². The van der Waals surface area contributed by atoms with Crippen LogP contribution in [0.25, 0.3) is 0 Å². The lowest BCUT2D eigenvalue weighted by Crippen LogP contribution is -2.10. The normalized spacial score (nSPS) is 12.7. The van der Waals surface area contributed by atoms with Crippen LogP contribution >= 0.6 is 15.9 Å². The molecule has 2 aromatic rings. The highest BCUT2D eigenvalue weighted by Gasteiger charge is 2.20. The molecule has 1 atom stereocenters. The summed E-state index contributed by atoms with van der Waals surface area (Å²) in [5, 5.41) is 14.3. The molecule has 0 spiro atoms.